The van der Waals surface area contributed by atoms with E-state index in [1.165, 1.54) is 16.9 Å². The van der Waals surface area contributed by atoms with E-state index in [1.807, 2.05) is 28.5 Å². The summed E-state index contributed by atoms with van der Waals surface area (Å²) in [7, 11) is 0. The summed E-state index contributed by atoms with van der Waals surface area (Å²) in [5.74, 6) is 0.582. The standard InChI is InChI=1S/C23H29N3O2S/c1-17(2)11-24-21(27)19-13-25(12-18-7-4-3-5-8-18)14-23(19)15-26(16-23)22(28)20-9-6-10-29-20/h3-10,17,19H,11-16H2,1-2H3,(H,24,27). The lowest BCUT2D eigenvalue weighted by Crippen LogP contribution is -2.64. The third kappa shape index (κ3) is 4.23. The fourth-order valence-electron chi connectivity index (χ4n) is 4.56. The molecule has 3 heterocycles. The van der Waals surface area contributed by atoms with Gasteiger partial charge >= 0.3 is 0 Å². The Morgan fingerprint density at radius 2 is 1.90 bits per heavy atom. The Hall–Kier alpha value is -2.18. The first-order valence-corrected chi connectivity index (χ1v) is 11.2. The van der Waals surface area contributed by atoms with Crippen molar-refractivity contribution in [3.05, 3.63) is 58.3 Å². The van der Waals surface area contributed by atoms with E-state index in [2.05, 4.69) is 48.3 Å². The molecule has 1 aromatic carbocycles. The first kappa shape index (κ1) is 20.1. The van der Waals surface area contributed by atoms with Crippen molar-refractivity contribution < 1.29 is 9.59 Å². The average Bonchev–Trinajstić information content (AvgIpc) is 3.33. The minimum absolute atomic E-state index is 0.0719. The molecule has 0 saturated carbocycles. The highest BCUT2D eigenvalue weighted by molar-refractivity contribution is 7.12. The van der Waals surface area contributed by atoms with Crippen molar-refractivity contribution >= 4 is 23.2 Å². The van der Waals surface area contributed by atoms with Gasteiger partial charge in [-0.3, -0.25) is 14.5 Å². The van der Waals surface area contributed by atoms with Crippen LogP contribution in [-0.2, 0) is 11.3 Å². The van der Waals surface area contributed by atoms with E-state index < -0.39 is 0 Å². The van der Waals surface area contributed by atoms with Gasteiger partial charge in [-0.05, 0) is 22.9 Å². The fourth-order valence-corrected chi connectivity index (χ4v) is 5.25. The third-order valence-electron chi connectivity index (χ3n) is 6.00. The number of nitrogens with one attached hydrogen (secondary N) is 1. The van der Waals surface area contributed by atoms with E-state index in [-0.39, 0.29) is 23.1 Å². The lowest BCUT2D eigenvalue weighted by Gasteiger charge is -2.50. The molecule has 154 valence electrons. The molecule has 2 aliphatic rings. The molecular weight excluding hydrogens is 382 g/mol. The molecule has 5 nitrogen and oxygen atoms in total. The van der Waals surface area contributed by atoms with Gasteiger partial charge in [-0.2, -0.15) is 0 Å². The van der Waals surface area contributed by atoms with Crippen LogP contribution in [0.1, 0.15) is 29.1 Å². The molecule has 6 heteroatoms. The highest BCUT2D eigenvalue weighted by atomic mass is 32.1. The van der Waals surface area contributed by atoms with Gasteiger partial charge in [0.15, 0.2) is 0 Å². The van der Waals surface area contributed by atoms with Crippen LogP contribution in [0.3, 0.4) is 0 Å². The second-order valence-corrected chi connectivity index (χ2v) is 9.80. The van der Waals surface area contributed by atoms with E-state index in [1.54, 1.807) is 0 Å². The molecule has 1 spiro atoms. The Kier molecular flexibility index (Phi) is 5.74. The topological polar surface area (TPSA) is 52.7 Å². The molecule has 2 aromatic rings. The van der Waals surface area contributed by atoms with Crippen LogP contribution in [0.25, 0.3) is 0 Å². The van der Waals surface area contributed by atoms with Crippen LogP contribution in [-0.4, -0.2) is 54.3 Å². The predicted molar refractivity (Wildman–Crippen MR) is 116 cm³/mol. The Labute approximate surface area is 176 Å². The summed E-state index contributed by atoms with van der Waals surface area (Å²) in [6.45, 7) is 8.69. The summed E-state index contributed by atoms with van der Waals surface area (Å²) in [5.41, 5.74) is 1.12. The lowest BCUT2D eigenvalue weighted by molar-refractivity contribution is -0.131. The average molecular weight is 412 g/mol. The molecule has 1 aromatic heterocycles. The summed E-state index contributed by atoms with van der Waals surface area (Å²) in [5, 5.41) is 5.07. The van der Waals surface area contributed by atoms with Crippen LogP contribution in [0.2, 0.25) is 0 Å². The second kappa shape index (κ2) is 8.28. The maximum absolute atomic E-state index is 13.0. The maximum atomic E-state index is 13.0. The van der Waals surface area contributed by atoms with Gasteiger partial charge in [-0.1, -0.05) is 50.2 Å². The van der Waals surface area contributed by atoms with E-state index in [0.717, 1.165) is 24.5 Å². The zero-order chi connectivity index (χ0) is 20.4. The molecule has 2 saturated heterocycles. The number of nitrogens with zero attached hydrogens (tertiary/aromatic N) is 2. The Morgan fingerprint density at radius 3 is 2.55 bits per heavy atom. The van der Waals surface area contributed by atoms with Crippen molar-refractivity contribution in [1.82, 2.24) is 15.1 Å². The predicted octanol–water partition coefficient (Wildman–Crippen LogP) is 3.09. The first-order chi connectivity index (χ1) is 14.0. The van der Waals surface area contributed by atoms with Gasteiger partial charge in [0.2, 0.25) is 5.91 Å². The number of likely N-dealkylation sites (tertiary alicyclic amines) is 2. The van der Waals surface area contributed by atoms with Crippen molar-refractivity contribution in [3.8, 4) is 0 Å². The molecule has 2 aliphatic heterocycles. The van der Waals surface area contributed by atoms with Crippen LogP contribution in [0.5, 0.6) is 0 Å². The highest BCUT2D eigenvalue weighted by Crippen LogP contribution is 2.45. The van der Waals surface area contributed by atoms with Crippen LogP contribution in [0.4, 0.5) is 0 Å². The SMILES string of the molecule is CC(C)CNC(=O)C1CN(Cc2ccccc2)CC12CN(C(=O)c1cccs1)C2. The lowest BCUT2D eigenvalue weighted by atomic mass is 9.71. The third-order valence-corrected chi connectivity index (χ3v) is 6.86. The highest BCUT2D eigenvalue weighted by Gasteiger charge is 2.57. The van der Waals surface area contributed by atoms with Crippen LogP contribution >= 0.6 is 11.3 Å². The number of carbonyl (C=O) groups excluding carboxylic acids is 2. The summed E-state index contributed by atoms with van der Waals surface area (Å²) in [6, 6.07) is 14.2. The summed E-state index contributed by atoms with van der Waals surface area (Å²) in [4.78, 5) is 30.8. The second-order valence-electron chi connectivity index (χ2n) is 8.85. The maximum Gasteiger partial charge on any atom is 0.263 e. The van der Waals surface area contributed by atoms with Gasteiger partial charge < -0.3 is 10.2 Å². The summed E-state index contributed by atoms with van der Waals surface area (Å²) >= 11 is 1.48. The van der Waals surface area contributed by atoms with Gasteiger partial charge in [-0.15, -0.1) is 11.3 Å². The first-order valence-electron chi connectivity index (χ1n) is 10.3. The van der Waals surface area contributed by atoms with Gasteiger partial charge in [0, 0.05) is 44.7 Å². The van der Waals surface area contributed by atoms with E-state index in [4.69, 9.17) is 0 Å². The molecule has 1 unspecified atom stereocenters. The molecule has 29 heavy (non-hydrogen) atoms. The van der Waals surface area contributed by atoms with Crippen LogP contribution in [0.15, 0.2) is 47.8 Å². The molecule has 0 aliphatic carbocycles. The van der Waals surface area contributed by atoms with Crippen LogP contribution < -0.4 is 5.32 Å². The molecular formula is C23H29N3O2S. The quantitative estimate of drug-likeness (QED) is 0.795. The van der Waals surface area contributed by atoms with Crippen molar-refractivity contribution in [2.45, 2.75) is 20.4 Å². The molecule has 0 bridgehead atoms. The molecule has 1 atom stereocenters. The Morgan fingerprint density at radius 1 is 1.14 bits per heavy atom. The summed E-state index contributed by atoms with van der Waals surface area (Å²) < 4.78 is 0. The molecule has 2 amide bonds. The number of hydrogen-bond donors (Lipinski definition) is 1. The Bertz CT molecular complexity index is 844. The van der Waals surface area contributed by atoms with E-state index in [9.17, 15) is 9.59 Å². The summed E-state index contributed by atoms with van der Waals surface area (Å²) in [6.07, 6.45) is 0. The zero-order valence-corrected chi connectivity index (χ0v) is 18.0. The zero-order valence-electron chi connectivity index (χ0n) is 17.1. The smallest absolute Gasteiger partial charge is 0.263 e. The molecule has 1 N–H and O–H groups in total. The normalized spacial score (nSPS) is 20.8. The van der Waals surface area contributed by atoms with Gasteiger partial charge in [-0.25, -0.2) is 0 Å². The number of hydrogen-bond acceptors (Lipinski definition) is 4. The van der Waals surface area contributed by atoms with Crippen LogP contribution in [0, 0.1) is 17.3 Å². The number of benzene rings is 1. The number of amides is 2. The molecule has 4 rings (SSSR count). The number of thiophene rings is 1. The minimum atomic E-state index is -0.136. The van der Waals surface area contributed by atoms with Gasteiger partial charge in [0.25, 0.3) is 5.91 Å². The van der Waals surface area contributed by atoms with E-state index in [0.29, 0.717) is 25.6 Å². The largest absolute Gasteiger partial charge is 0.356 e. The molecule has 0 radical (unpaired) electrons. The van der Waals surface area contributed by atoms with Crippen molar-refractivity contribution in [2.24, 2.45) is 17.3 Å². The van der Waals surface area contributed by atoms with Crippen molar-refractivity contribution in [1.29, 1.82) is 0 Å². The number of rotatable bonds is 6. The fraction of sp³-hybridized carbons (Fsp3) is 0.478. The van der Waals surface area contributed by atoms with E-state index >= 15 is 0 Å². The Balaban J connectivity index is 1.47. The monoisotopic (exact) mass is 411 g/mol. The number of carbonyl (C=O) groups is 2. The van der Waals surface area contributed by atoms with Gasteiger partial charge in [0.1, 0.15) is 0 Å². The van der Waals surface area contributed by atoms with Gasteiger partial charge in [0.05, 0.1) is 10.8 Å². The van der Waals surface area contributed by atoms with Crippen molar-refractivity contribution in [3.63, 3.8) is 0 Å². The minimum Gasteiger partial charge on any atom is -0.356 e. The van der Waals surface area contributed by atoms with Crippen molar-refractivity contribution in [2.75, 3.05) is 32.7 Å². The molecule has 2 fully saturated rings.